The average Bonchev–Trinajstić information content (AvgIpc) is 3.91. The fraction of sp³-hybridized carbons (Fsp3) is 0.150. The van der Waals surface area contributed by atoms with E-state index in [1.807, 2.05) is 48.5 Å². The second kappa shape index (κ2) is 18.6. The number of benzene rings is 8. The minimum absolute atomic E-state index is 0. The molecule has 0 aliphatic heterocycles. The van der Waals surface area contributed by atoms with Gasteiger partial charge in [0.2, 0.25) is 0 Å². The smallest absolute Gasteiger partial charge is 0.121 e. The van der Waals surface area contributed by atoms with E-state index in [-0.39, 0.29) is 37.8 Å². The summed E-state index contributed by atoms with van der Waals surface area (Å²) in [5, 5.41) is 17.8. The molecule has 5 nitrogen and oxygen atoms in total. The van der Waals surface area contributed by atoms with Crippen molar-refractivity contribution in [3.63, 3.8) is 0 Å². The van der Waals surface area contributed by atoms with Crippen LogP contribution >= 0.6 is 0 Å². The van der Waals surface area contributed by atoms with Gasteiger partial charge in [0.1, 0.15) is 5.58 Å². The molecule has 0 fully saturated rings. The summed E-state index contributed by atoms with van der Waals surface area (Å²) < 4.78 is 21.6. The maximum absolute atomic E-state index is 12.6. The first-order valence-electron chi connectivity index (χ1n) is 22.9. The van der Waals surface area contributed by atoms with Crippen LogP contribution in [0.15, 0.2) is 162 Å². The quantitative estimate of drug-likeness (QED) is 0.0906. The number of aromatic nitrogens is 3. The molecule has 11 rings (SSSR count). The van der Waals surface area contributed by atoms with Crippen molar-refractivity contribution in [1.29, 1.82) is 5.26 Å². The van der Waals surface area contributed by atoms with Gasteiger partial charge in [0, 0.05) is 43.2 Å². The molecule has 0 unspecified atom stereocenters. The van der Waals surface area contributed by atoms with Gasteiger partial charge in [-0.15, -0.1) is 48.0 Å². The second-order valence-corrected chi connectivity index (χ2v) is 24.0. The van der Waals surface area contributed by atoms with E-state index in [2.05, 4.69) is 160 Å². The monoisotopic (exact) mass is 1080 g/mol. The number of rotatable bonds is 7. The van der Waals surface area contributed by atoms with Crippen molar-refractivity contribution in [2.45, 2.75) is 59.2 Å². The number of pyridine rings is 1. The summed E-state index contributed by atoms with van der Waals surface area (Å²) in [4.78, 5) is 9.61. The van der Waals surface area contributed by atoms with Gasteiger partial charge >= 0.3 is 0 Å². The third-order valence-corrected chi connectivity index (χ3v) is 14.8. The minimum Gasteiger partial charge on any atom is -0.501 e. The molecule has 0 saturated heterocycles. The van der Waals surface area contributed by atoms with Crippen LogP contribution in [0.1, 0.15) is 56.2 Å². The Kier molecular flexibility index (Phi) is 12.6. The van der Waals surface area contributed by atoms with E-state index < -0.39 is 8.07 Å². The Labute approximate surface area is 411 Å². The molecule has 0 N–H and O–H groups in total. The fourth-order valence-corrected chi connectivity index (χ4v) is 10.4. The molecule has 337 valence electrons. The maximum Gasteiger partial charge on any atom is 0.121 e. The van der Waals surface area contributed by atoms with Crippen LogP contribution in [0, 0.1) is 29.3 Å². The van der Waals surface area contributed by atoms with E-state index in [1.54, 1.807) is 12.3 Å². The van der Waals surface area contributed by atoms with Gasteiger partial charge in [0.25, 0.3) is 0 Å². The Balaban J connectivity index is 0.000000356. The summed E-state index contributed by atoms with van der Waals surface area (Å²) in [5.74, 6) is 0.951. The number of halogens is 1. The Morgan fingerprint density at radius 1 is 0.691 bits per heavy atom. The van der Waals surface area contributed by atoms with Gasteiger partial charge in [-0.05, 0) is 110 Å². The third kappa shape index (κ3) is 8.59. The topological polar surface area (TPSA) is 67.6 Å². The molecule has 1 radical (unpaired) electrons. The number of imidazole rings is 1. The summed E-state index contributed by atoms with van der Waals surface area (Å²) in [5.41, 5.74) is 12.6. The van der Waals surface area contributed by atoms with Gasteiger partial charge in [0.15, 0.2) is 0 Å². The predicted molar refractivity (Wildman–Crippen MR) is 277 cm³/mol. The van der Waals surface area contributed by atoms with E-state index in [9.17, 15) is 9.65 Å². The van der Waals surface area contributed by atoms with E-state index in [1.165, 1.54) is 55.7 Å². The molecule has 3 aromatic heterocycles. The Hall–Kier alpha value is -7.01. The normalized spacial score (nSPS) is 11.7. The molecule has 0 spiro atoms. The van der Waals surface area contributed by atoms with E-state index in [4.69, 9.17) is 9.40 Å². The number of fused-ring (bicyclic) bond motifs is 7. The van der Waals surface area contributed by atoms with Crippen molar-refractivity contribution in [2.75, 3.05) is 0 Å². The van der Waals surface area contributed by atoms with Gasteiger partial charge < -0.3 is 14.0 Å². The van der Waals surface area contributed by atoms with E-state index >= 15 is 0 Å². The van der Waals surface area contributed by atoms with Crippen LogP contribution in [0.3, 0.4) is 0 Å². The Morgan fingerprint density at radius 2 is 1.43 bits per heavy atom. The molecule has 68 heavy (non-hydrogen) atoms. The average molecular weight is 1080 g/mol. The van der Waals surface area contributed by atoms with E-state index in [0.717, 1.165) is 61.1 Å². The van der Waals surface area contributed by atoms with Gasteiger partial charge in [-0.1, -0.05) is 136 Å². The van der Waals surface area contributed by atoms with Gasteiger partial charge in [-0.25, -0.2) is 0 Å². The van der Waals surface area contributed by atoms with Crippen LogP contribution in [-0.2, 0) is 20.1 Å². The van der Waals surface area contributed by atoms with Crippen molar-refractivity contribution < 1.29 is 28.9 Å². The molecule has 11 aromatic rings. The number of furan rings is 1. The van der Waals surface area contributed by atoms with Crippen LogP contribution in [0.25, 0.3) is 94.0 Å². The molecule has 0 saturated carbocycles. The molecule has 0 bridgehead atoms. The number of nitriles is 1. The van der Waals surface area contributed by atoms with Crippen LogP contribution in [0.5, 0.6) is 0 Å². The molecule has 8 heteroatoms. The van der Waals surface area contributed by atoms with Crippen molar-refractivity contribution in [3.8, 4) is 45.5 Å². The molecular formula is C60H49FIrN4OSi-2. The molecule has 0 amide bonds. The van der Waals surface area contributed by atoms with Crippen molar-refractivity contribution in [1.82, 2.24) is 14.5 Å². The van der Waals surface area contributed by atoms with Crippen LogP contribution < -0.4 is 5.19 Å². The maximum atomic E-state index is 12.6. The minimum atomic E-state index is -1.43. The van der Waals surface area contributed by atoms with Gasteiger partial charge in [-0.3, -0.25) is 9.37 Å². The van der Waals surface area contributed by atoms with Crippen molar-refractivity contribution in [3.05, 3.63) is 192 Å². The largest absolute Gasteiger partial charge is 0.501 e. The zero-order valence-electron chi connectivity index (χ0n) is 39.1. The first-order chi connectivity index (χ1) is 32.4. The number of hydrogen-bond donors (Lipinski definition) is 0. The predicted octanol–water partition coefficient (Wildman–Crippen LogP) is 15.7. The second-order valence-electron chi connectivity index (χ2n) is 18.9. The Morgan fingerprint density at radius 3 is 2.10 bits per heavy atom. The van der Waals surface area contributed by atoms with Crippen molar-refractivity contribution >= 4 is 67.8 Å². The van der Waals surface area contributed by atoms with Crippen LogP contribution in [0.4, 0.5) is 4.39 Å². The summed E-state index contributed by atoms with van der Waals surface area (Å²) in [6.07, 6.45) is 1.70. The SMILES string of the molecule is CC(C)c1cc(-c2ccc([Si](C)(C)C)cc2)cc(C(C)C)c1-n1c(-c2[c-]ccc3c2oc2ccc(C#N)cc23)nc2cc3ccc4ccccc4c3cc21.Fc1c[c-]c(-c2ccccn2)cc1.[Ir]. The number of nitrogens with zero attached hydrogens (tertiary/aromatic N) is 4. The molecule has 0 aliphatic carbocycles. The first kappa shape index (κ1) is 46.1. The molecule has 0 aliphatic rings. The summed E-state index contributed by atoms with van der Waals surface area (Å²) in [6.45, 7) is 16.4. The summed E-state index contributed by atoms with van der Waals surface area (Å²) >= 11 is 0. The molecular weight excluding hydrogens is 1030 g/mol. The first-order valence-corrected chi connectivity index (χ1v) is 26.4. The third-order valence-electron chi connectivity index (χ3n) is 12.7. The van der Waals surface area contributed by atoms with Crippen LogP contribution in [0.2, 0.25) is 19.6 Å². The standard InChI is InChI=1S/C49H42N3OSi.C11H7FN.Ir/c1-29(2)40-24-35(32-18-20-36(21-19-32)54(5,6)7)25-41(30(3)4)47(40)52-45-27-42-34(17-16-33-11-8-9-12-37(33)42)26-44(45)51-49(52)39-14-10-13-38-43-23-31(28-50)15-22-46(43)53-48(38)39;12-10-6-4-9(5-7-10)11-3-1-2-8-13-11;/h8-13,15-27,29-30H,1-7H3;1-4,6-8H;/q2*-1;. The van der Waals surface area contributed by atoms with Gasteiger partial charge in [0.05, 0.1) is 42.1 Å². The van der Waals surface area contributed by atoms with Crippen LogP contribution in [-0.4, -0.2) is 22.6 Å². The molecule has 3 heterocycles. The zero-order chi connectivity index (χ0) is 46.6. The van der Waals surface area contributed by atoms with Gasteiger partial charge in [-0.2, -0.15) is 5.26 Å². The Bertz CT molecular complexity index is 3660. The number of hydrogen-bond acceptors (Lipinski definition) is 4. The summed E-state index contributed by atoms with van der Waals surface area (Å²) in [7, 11) is -1.43. The van der Waals surface area contributed by atoms with E-state index in [0.29, 0.717) is 11.1 Å². The zero-order valence-corrected chi connectivity index (χ0v) is 42.5. The molecule has 0 atom stereocenters. The fourth-order valence-electron chi connectivity index (χ4n) is 9.18. The molecule has 8 aromatic carbocycles. The van der Waals surface area contributed by atoms with Crippen molar-refractivity contribution in [2.24, 2.45) is 0 Å². The summed E-state index contributed by atoms with van der Waals surface area (Å²) in [6, 6.07) is 59.9.